The first-order valence-electron chi connectivity index (χ1n) is 3.06. The molecule has 40 valence electrons. The van der Waals surface area contributed by atoms with Crippen molar-refractivity contribution in [2.75, 3.05) is 0 Å². The predicted octanol–water partition coefficient (Wildman–Crippen LogP) is 0.880. The Kier molecular flexibility index (Phi) is 1.68. The highest BCUT2D eigenvalue weighted by Gasteiger charge is 1.98. The van der Waals surface area contributed by atoms with E-state index >= 15 is 0 Å². The summed E-state index contributed by atoms with van der Waals surface area (Å²) in [6.07, 6.45) is 8.92. The molecule has 0 spiro atoms. The summed E-state index contributed by atoms with van der Waals surface area (Å²) in [7, 11) is 1.36. The summed E-state index contributed by atoms with van der Waals surface area (Å²) in [5.41, 5.74) is 0.994. The van der Waals surface area contributed by atoms with E-state index in [9.17, 15) is 0 Å². The van der Waals surface area contributed by atoms with Crippen LogP contribution in [0.5, 0.6) is 0 Å². The van der Waals surface area contributed by atoms with E-state index < -0.39 is 0 Å². The Morgan fingerprint density at radius 3 is 2.71 bits per heavy atom. The second kappa shape index (κ2) is 2.31. The van der Waals surface area contributed by atoms with Crippen LogP contribution in [0.25, 0.3) is 0 Å². The summed E-state index contributed by atoms with van der Waals surface area (Å²) in [5, 5.41) is 0. The minimum absolute atomic E-state index is 0.994. The molecule has 0 aromatic carbocycles. The molecule has 0 bridgehead atoms. The van der Waals surface area contributed by atoms with Gasteiger partial charge in [0.2, 0.25) is 0 Å². The van der Waals surface area contributed by atoms with Crippen LogP contribution in [-0.4, -0.2) is 10.2 Å². The number of allylic oxidation sites excluding steroid dienone is 2. The predicted molar refractivity (Wildman–Crippen MR) is 36.7 cm³/mol. The average Bonchev–Trinajstić information content (AvgIpc) is 1.69. The average molecular weight is 112 g/mol. The van der Waals surface area contributed by atoms with Gasteiger partial charge >= 0.3 is 0 Å². The van der Waals surface area contributed by atoms with Gasteiger partial charge in [-0.15, -0.1) is 0 Å². The maximum absolute atomic E-state index is 2.37. The number of hydrogen-bond acceptors (Lipinski definition) is 0. The fourth-order valence-electron chi connectivity index (χ4n) is 0.982. The summed E-state index contributed by atoms with van der Waals surface area (Å²) in [4.78, 5) is 0. The van der Waals surface area contributed by atoms with Crippen molar-refractivity contribution in [3.05, 3.63) is 12.2 Å². The molecular formula is C6H12Si. The van der Waals surface area contributed by atoms with E-state index in [1.165, 1.54) is 29.5 Å². The van der Waals surface area contributed by atoms with Crippen molar-refractivity contribution in [3.63, 3.8) is 0 Å². The van der Waals surface area contributed by atoms with E-state index in [1.54, 1.807) is 0 Å². The first-order valence-corrected chi connectivity index (χ1v) is 4.22. The Morgan fingerprint density at radius 1 is 1.57 bits per heavy atom. The highest BCUT2D eigenvalue weighted by molar-refractivity contribution is 6.12. The topological polar surface area (TPSA) is 0 Å². The largest absolute Gasteiger partial charge is 0.0890 e. The van der Waals surface area contributed by atoms with Crippen LogP contribution in [0.15, 0.2) is 12.2 Å². The van der Waals surface area contributed by atoms with Crippen LogP contribution < -0.4 is 0 Å². The molecule has 0 saturated carbocycles. The van der Waals surface area contributed by atoms with Crippen LogP contribution in [0.2, 0.25) is 5.54 Å². The lowest BCUT2D eigenvalue weighted by atomic mass is 10.1. The third-order valence-electron chi connectivity index (χ3n) is 1.49. The molecule has 0 N–H and O–H groups in total. The molecule has 1 heteroatoms. The molecule has 0 heterocycles. The van der Waals surface area contributed by atoms with Gasteiger partial charge in [-0.3, -0.25) is 0 Å². The van der Waals surface area contributed by atoms with Gasteiger partial charge in [0.25, 0.3) is 0 Å². The van der Waals surface area contributed by atoms with Crippen molar-refractivity contribution in [1.29, 1.82) is 0 Å². The standard InChI is InChI=1S/C6H12Si/c7-6-4-2-1-3-5-6/h2,4,6H,1,3,5H2,7H3. The summed E-state index contributed by atoms with van der Waals surface area (Å²) in [6.45, 7) is 0. The quantitative estimate of drug-likeness (QED) is 0.322. The van der Waals surface area contributed by atoms with Gasteiger partial charge in [-0.2, -0.15) is 0 Å². The Labute approximate surface area is 48.0 Å². The molecule has 0 aliphatic heterocycles. The van der Waals surface area contributed by atoms with Gasteiger partial charge in [0, 0.05) is 10.2 Å². The van der Waals surface area contributed by atoms with Gasteiger partial charge < -0.3 is 0 Å². The van der Waals surface area contributed by atoms with Crippen molar-refractivity contribution in [1.82, 2.24) is 0 Å². The molecule has 0 amide bonds. The summed E-state index contributed by atoms with van der Waals surface area (Å²) < 4.78 is 0. The van der Waals surface area contributed by atoms with Gasteiger partial charge in [-0.1, -0.05) is 18.6 Å². The smallest absolute Gasteiger partial charge is 0.0115 e. The van der Waals surface area contributed by atoms with E-state index in [0.29, 0.717) is 0 Å². The van der Waals surface area contributed by atoms with Gasteiger partial charge in [0.1, 0.15) is 0 Å². The van der Waals surface area contributed by atoms with Crippen molar-refractivity contribution in [2.45, 2.75) is 24.8 Å². The molecule has 7 heavy (non-hydrogen) atoms. The lowest BCUT2D eigenvalue weighted by Crippen LogP contribution is -1.91. The van der Waals surface area contributed by atoms with Crippen molar-refractivity contribution < 1.29 is 0 Å². The third kappa shape index (κ3) is 1.47. The Bertz CT molecular complexity index is 76.2. The molecule has 0 aromatic rings. The summed E-state index contributed by atoms with van der Waals surface area (Å²) in [5.74, 6) is 0. The maximum atomic E-state index is 2.37. The third-order valence-corrected chi connectivity index (χ3v) is 2.46. The van der Waals surface area contributed by atoms with E-state index in [0.717, 1.165) is 5.54 Å². The minimum atomic E-state index is 0.994. The van der Waals surface area contributed by atoms with Gasteiger partial charge in [0.05, 0.1) is 0 Å². The molecular weight excluding hydrogens is 100 g/mol. The van der Waals surface area contributed by atoms with E-state index in [4.69, 9.17) is 0 Å². The fourth-order valence-corrected chi connectivity index (χ4v) is 1.66. The maximum Gasteiger partial charge on any atom is 0.0115 e. The van der Waals surface area contributed by atoms with Gasteiger partial charge in [-0.05, 0) is 18.4 Å². The molecule has 0 aromatic heterocycles. The molecule has 0 saturated heterocycles. The molecule has 1 aliphatic rings. The second-order valence-corrected chi connectivity index (χ2v) is 3.82. The fraction of sp³-hybridized carbons (Fsp3) is 0.667. The van der Waals surface area contributed by atoms with Gasteiger partial charge in [0.15, 0.2) is 0 Å². The van der Waals surface area contributed by atoms with E-state index in [1.807, 2.05) is 0 Å². The Hall–Kier alpha value is -0.0431. The first kappa shape index (κ1) is 5.10. The first-order chi connectivity index (χ1) is 3.39. The summed E-state index contributed by atoms with van der Waals surface area (Å²) in [6, 6.07) is 0. The normalized spacial score (nSPS) is 31.1. The number of rotatable bonds is 0. The molecule has 1 unspecified atom stereocenters. The zero-order valence-corrected chi connectivity index (χ0v) is 6.85. The lowest BCUT2D eigenvalue weighted by Gasteiger charge is -2.08. The lowest BCUT2D eigenvalue weighted by molar-refractivity contribution is 0.729. The van der Waals surface area contributed by atoms with Crippen LogP contribution in [0.3, 0.4) is 0 Å². The van der Waals surface area contributed by atoms with E-state index in [-0.39, 0.29) is 0 Å². The Morgan fingerprint density at radius 2 is 2.43 bits per heavy atom. The SMILES string of the molecule is [SiH3]C1C=CCCC1. The zero-order valence-electron chi connectivity index (χ0n) is 4.85. The highest BCUT2D eigenvalue weighted by atomic mass is 28.1. The molecule has 1 rings (SSSR count). The zero-order chi connectivity index (χ0) is 5.11. The molecule has 0 nitrogen and oxygen atoms in total. The molecule has 1 atom stereocenters. The van der Waals surface area contributed by atoms with Crippen LogP contribution in [-0.2, 0) is 0 Å². The van der Waals surface area contributed by atoms with Crippen LogP contribution in [0, 0.1) is 0 Å². The van der Waals surface area contributed by atoms with E-state index in [2.05, 4.69) is 12.2 Å². The van der Waals surface area contributed by atoms with Crippen molar-refractivity contribution in [3.8, 4) is 0 Å². The van der Waals surface area contributed by atoms with Crippen LogP contribution in [0.4, 0.5) is 0 Å². The molecule has 0 fully saturated rings. The van der Waals surface area contributed by atoms with Crippen molar-refractivity contribution in [2.24, 2.45) is 0 Å². The molecule has 1 aliphatic carbocycles. The monoisotopic (exact) mass is 112 g/mol. The highest BCUT2D eigenvalue weighted by Crippen LogP contribution is 2.17. The van der Waals surface area contributed by atoms with Gasteiger partial charge in [-0.25, -0.2) is 0 Å². The van der Waals surface area contributed by atoms with Crippen LogP contribution in [0.1, 0.15) is 19.3 Å². The Balaban J connectivity index is 2.36. The summed E-state index contributed by atoms with van der Waals surface area (Å²) >= 11 is 0. The second-order valence-electron chi connectivity index (χ2n) is 2.34. The molecule has 0 radical (unpaired) electrons. The number of hydrogen-bond donors (Lipinski definition) is 0. The van der Waals surface area contributed by atoms with Crippen molar-refractivity contribution >= 4 is 10.2 Å². The van der Waals surface area contributed by atoms with Crippen LogP contribution >= 0.6 is 0 Å². The minimum Gasteiger partial charge on any atom is -0.0890 e.